The summed E-state index contributed by atoms with van der Waals surface area (Å²) in [6.07, 6.45) is 1.62. The fourth-order valence-electron chi connectivity index (χ4n) is 3.05. The summed E-state index contributed by atoms with van der Waals surface area (Å²) >= 11 is 1.18. The second kappa shape index (κ2) is 8.54. The maximum atomic E-state index is 12.9. The van der Waals surface area contributed by atoms with Crippen LogP contribution < -0.4 is 4.74 Å². The zero-order valence-electron chi connectivity index (χ0n) is 15.8. The molecular formula is C19H19FN4O4S2. The van der Waals surface area contributed by atoms with Gasteiger partial charge in [0.25, 0.3) is 15.9 Å². The van der Waals surface area contributed by atoms with Crippen LogP contribution >= 0.6 is 11.3 Å². The first kappa shape index (κ1) is 20.5. The Bertz CT molecular complexity index is 1110. The van der Waals surface area contributed by atoms with Crippen molar-refractivity contribution in [2.45, 2.75) is 10.9 Å². The van der Waals surface area contributed by atoms with Crippen LogP contribution in [0.4, 0.5) is 4.39 Å². The first-order valence-electron chi connectivity index (χ1n) is 9.18. The van der Waals surface area contributed by atoms with Crippen molar-refractivity contribution in [3.63, 3.8) is 0 Å². The summed E-state index contributed by atoms with van der Waals surface area (Å²) in [5.41, 5.74) is 0.257. The van der Waals surface area contributed by atoms with Gasteiger partial charge >= 0.3 is 0 Å². The molecule has 1 fully saturated rings. The predicted octanol–water partition coefficient (Wildman–Crippen LogP) is 2.27. The number of hydrogen-bond donors (Lipinski definition) is 0. The van der Waals surface area contributed by atoms with Crippen molar-refractivity contribution < 1.29 is 22.3 Å². The Morgan fingerprint density at radius 1 is 1.10 bits per heavy atom. The highest BCUT2D eigenvalue weighted by Crippen LogP contribution is 2.22. The number of halogens is 1. The van der Waals surface area contributed by atoms with Crippen LogP contribution in [-0.2, 0) is 16.8 Å². The lowest BCUT2D eigenvalue weighted by Gasteiger charge is -2.33. The molecule has 8 nitrogen and oxygen atoms in total. The third kappa shape index (κ3) is 4.37. The number of carbonyl (C=O) groups excluding carboxylic acids is 1. The number of carbonyl (C=O) groups is 1. The van der Waals surface area contributed by atoms with E-state index in [0.29, 0.717) is 23.0 Å². The maximum Gasteiger partial charge on any atom is 0.274 e. The molecule has 1 aliphatic rings. The van der Waals surface area contributed by atoms with E-state index in [0.717, 1.165) is 0 Å². The Hall–Kier alpha value is -2.76. The van der Waals surface area contributed by atoms with E-state index in [1.54, 1.807) is 34.7 Å². The fraction of sp³-hybridized carbons (Fsp3) is 0.263. The lowest BCUT2D eigenvalue weighted by molar-refractivity contribution is 0.0690. The summed E-state index contributed by atoms with van der Waals surface area (Å²) in [5, 5.41) is 5.95. The van der Waals surface area contributed by atoms with E-state index >= 15 is 0 Å². The number of thiophene rings is 1. The van der Waals surface area contributed by atoms with Gasteiger partial charge in [0, 0.05) is 32.4 Å². The number of nitrogens with zero attached hydrogens (tertiary/aromatic N) is 4. The van der Waals surface area contributed by atoms with Gasteiger partial charge in [0.2, 0.25) is 0 Å². The highest BCUT2D eigenvalue weighted by molar-refractivity contribution is 7.91. The Kier molecular flexibility index (Phi) is 5.84. The van der Waals surface area contributed by atoms with Crippen LogP contribution in [0.1, 0.15) is 10.5 Å². The molecule has 1 amide bonds. The van der Waals surface area contributed by atoms with Crippen LogP contribution in [-0.4, -0.2) is 59.5 Å². The van der Waals surface area contributed by atoms with E-state index in [-0.39, 0.29) is 37.2 Å². The molecule has 0 bridgehead atoms. The maximum absolute atomic E-state index is 12.9. The SMILES string of the molecule is O=C(c1ccn(COc2ccc(F)cc2)n1)N1CCN(S(=O)(=O)c2cccs2)CC1. The zero-order chi connectivity index (χ0) is 21.1. The molecule has 0 aliphatic carbocycles. The van der Waals surface area contributed by atoms with Crippen molar-refractivity contribution in [1.29, 1.82) is 0 Å². The molecule has 0 saturated carbocycles. The normalized spacial score (nSPS) is 15.3. The lowest BCUT2D eigenvalue weighted by Crippen LogP contribution is -2.50. The summed E-state index contributed by atoms with van der Waals surface area (Å²) in [5.74, 6) is -0.121. The van der Waals surface area contributed by atoms with E-state index in [9.17, 15) is 17.6 Å². The second-order valence-corrected chi connectivity index (χ2v) is 9.71. The van der Waals surface area contributed by atoms with E-state index in [1.165, 1.54) is 44.6 Å². The predicted molar refractivity (Wildman–Crippen MR) is 108 cm³/mol. The van der Waals surface area contributed by atoms with Gasteiger partial charge in [0.05, 0.1) is 0 Å². The van der Waals surface area contributed by atoms with Crippen molar-refractivity contribution in [3.8, 4) is 5.75 Å². The Labute approximate surface area is 177 Å². The van der Waals surface area contributed by atoms with Gasteiger partial charge in [-0.2, -0.15) is 9.40 Å². The van der Waals surface area contributed by atoms with Crippen molar-refractivity contribution in [2.75, 3.05) is 26.2 Å². The molecule has 0 spiro atoms. The number of rotatable bonds is 6. The first-order valence-corrected chi connectivity index (χ1v) is 11.5. The molecule has 1 aromatic carbocycles. The van der Waals surface area contributed by atoms with Gasteiger partial charge in [0.1, 0.15) is 15.8 Å². The topological polar surface area (TPSA) is 84.7 Å². The molecule has 0 N–H and O–H groups in total. The summed E-state index contributed by atoms with van der Waals surface area (Å²) in [6.45, 7) is 1.14. The molecule has 4 rings (SSSR count). The van der Waals surface area contributed by atoms with Crippen LogP contribution in [0.5, 0.6) is 5.75 Å². The Morgan fingerprint density at radius 3 is 2.50 bits per heavy atom. The molecule has 30 heavy (non-hydrogen) atoms. The van der Waals surface area contributed by atoms with Gasteiger partial charge in [-0.3, -0.25) is 4.79 Å². The third-order valence-electron chi connectivity index (χ3n) is 4.65. The smallest absolute Gasteiger partial charge is 0.274 e. The van der Waals surface area contributed by atoms with Crippen LogP contribution in [0.2, 0.25) is 0 Å². The molecule has 2 aromatic heterocycles. The summed E-state index contributed by atoms with van der Waals surface area (Å²) in [7, 11) is -3.51. The van der Waals surface area contributed by atoms with Gasteiger partial charge in [-0.05, 0) is 41.8 Å². The van der Waals surface area contributed by atoms with Gasteiger partial charge in [0.15, 0.2) is 12.4 Å². The van der Waals surface area contributed by atoms with Crippen molar-refractivity contribution in [1.82, 2.24) is 19.0 Å². The minimum absolute atomic E-state index is 0.0751. The molecule has 1 aliphatic heterocycles. The highest BCUT2D eigenvalue weighted by atomic mass is 32.2. The number of hydrogen-bond acceptors (Lipinski definition) is 6. The lowest BCUT2D eigenvalue weighted by atomic mass is 10.3. The summed E-state index contributed by atoms with van der Waals surface area (Å²) < 4.78 is 46.8. The molecule has 158 valence electrons. The average molecular weight is 451 g/mol. The van der Waals surface area contributed by atoms with Crippen LogP contribution in [0, 0.1) is 5.82 Å². The highest BCUT2D eigenvalue weighted by Gasteiger charge is 2.31. The Morgan fingerprint density at radius 2 is 1.83 bits per heavy atom. The van der Waals surface area contributed by atoms with E-state index in [4.69, 9.17) is 4.74 Å². The fourth-order valence-corrected chi connectivity index (χ4v) is 5.62. The van der Waals surface area contributed by atoms with Crippen molar-refractivity contribution in [2.24, 2.45) is 0 Å². The van der Waals surface area contributed by atoms with Gasteiger partial charge in [-0.25, -0.2) is 17.5 Å². The summed E-state index contributed by atoms with van der Waals surface area (Å²) in [6, 6.07) is 10.5. The monoisotopic (exact) mass is 450 g/mol. The van der Waals surface area contributed by atoms with Gasteiger partial charge < -0.3 is 9.64 Å². The van der Waals surface area contributed by atoms with E-state index < -0.39 is 10.0 Å². The molecule has 3 heterocycles. The van der Waals surface area contributed by atoms with Crippen molar-refractivity contribution in [3.05, 3.63) is 65.6 Å². The third-order valence-corrected chi connectivity index (χ3v) is 7.92. The number of piperazine rings is 1. The zero-order valence-corrected chi connectivity index (χ0v) is 17.5. The van der Waals surface area contributed by atoms with Crippen LogP contribution in [0.25, 0.3) is 0 Å². The minimum atomic E-state index is -3.51. The van der Waals surface area contributed by atoms with Crippen molar-refractivity contribution >= 4 is 27.3 Å². The minimum Gasteiger partial charge on any atom is -0.471 e. The Balaban J connectivity index is 1.33. The number of aromatic nitrogens is 2. The average Bonchev–Trinajstić information content (AvgIpc) is 3.46. The van der Waals surface area contributed by atoms with Gasteiger partial charge in [-0.15, -0.1) is 11.3 Å². The molecule has 0 atom stereocenters. The number of benzene rings is 1. The number of sulfonamides is 1. The molecule has 0 unspecified atom stereocenters. The molecule has 11 heteroatoms. The second-order valence-electron chi connectivity index (χ2n) is 6.60. The quantitative estimate of drug-likeness (QED) is 0.575. The molecule has 0 radical (unpaired) electrons. The van der Waals surface area contributed by atoms with Crippen LogP contribution in [0.15, 0.2) is 58.3 Å². The standard InChI is InChI=1S/C19H19FN4O4S2/c20-15-3-5-16(6-4-15)28-14-23-8-7-17(21-23)19(25)22-9-11-24(12-10-22)30(26,27)18-2-1-13-29-18/h1-8,13H,9-12,14H2. The van der Waals surface area contributed by atoms with Crippen LogP contribution in [0.3, 0.4) is 0 Å². The van der Waals surface area contributed by atoms with E-state index in [2.05, 4.69) is 5.10 Å². The molecule has 3 aromatic rings. The van der Waals surface area contributed by atoms with E-state index in [1.807, 2.05) is 0 Å². The molecular weight excluding hydrogens is 431 g/mol. The summed E-state index contributed by atoms with van der Waals surface area (Å²) in [4.78, 5) is 14.3. The van der Waals surface area contributed by atoms with Gasteiger partial charge in [-0.1, -0.05) is 6.07 Å². The molecule has 1 saturated heterocycles. The first-order chi connectivity index (χ1) is 14.4. The largest absolute Gasteiger partial charge is 0.471 e. The number of ether oxygens (including phenoxy) is 1. The number of amides is 1.